The molecule has 0 aliphatic heterocycles. The van der Waals surface area contributed by atoms with Crippen LogP contribution in [0.3, 0.4) is 0 Å². The van der Waals surface area contributed by atoms with Crippen LogP contribution < -0.4 is 20.1 Å². The third kappa shape index (κ3) is 4.74. The van der Waals surface area contributed by atoms with Crippen LogP contribution in [-0.2, 0) is 0 Å². The number of anilines is 2. The van der Waals surface area contributed by atoms with E-state index in [0.29, 0.717) is 19.2 Å². The fourth-order valence-corrected chi connectivity index (χ4v) is 2.19. The second kappa shape index (κ2) is 7.17. The molecule has 0 amide bonds. The normalized spacial score (nSPS) is 13.5. The molecule has 3 rings (SSSR count). The molecule has 0 atom stereocenters. The van der Waals surface area contributed by atoms with Gasteiger partial charge in [-0.1, -0.05) is 0 Å². The van der Waals surface area contributed by atoms with Crippen LogP contribution in [0, 0.1) is 6.92 Å². The largest absolute Gasteiger partial charge is 0.497 e. The number of nitrogens with zero attached hydrogens (tertiary/aromatic N) is 2. The van der Waals surface area contributed by atoms with Crippen LogP contribution in [0.4, 0.5) is 11.6 Å². The molecule has 2 aromatic rings. The Morgan fingerprint density at radius 1 is 1.09 bits per heavy atom. The van der Waals surface area contributed by atoms with E-state index in [-0.39, 0.29) is 0 Å². The Morgan fingerprint density at radius 2 is 1.78 bits per heavy atom. The van der Waals surface area contributed by atoms with Gasteiger partial charge in [0.1, 0.15) is 35.6 Å². The number of rotatable bonds is 8. The minimum atomic E-state index is 0.556. The van der Waals surface area contributed by atoms with Gasteiger partial charge < -0.3 is 20.1 Å². The van der Waals surface area contributed by atoms with Gasteiger partial charge in [0.05, 0.1) is 13.7 Å². The van der Waals surface area contributed by atoms with Gasteiger partial charge in [-0.3, -0.25) is 0 Å². The van der Waals surface area contributed by atoms with E-state index in [0.717, 1.165) is 29.0 Å². The van der Waals surface area contributed by atoms with Crippen molar-refractivity contribution in [3.8, 4) is 11.5 Å². The first-order valence-corrected chi connectivity index (χ1v) is 7.86. The first kappa shape index (κ1) is 15.4. The van der Waals surface area contributed by atoms with Crippen molar-refractivity contribution >= 4 is 11.6 Å². The predicted octanol–water partition coefficient (Wildman–Crippen LogP) is 2.86. The summed E-state index contributed by atoms with van der Waals surface area (Å²) in [5, 5.41) is 6.66. The highest BCUT2D eigenvalue weighted by molar-refractivity contribution is 5.48. The first-order valence-electron chi connectivity index (χ1n) is 7.86. The van der Waals surface area contributed by atoms with Crippen molar-refractivity contribution < 1.29 is 9.47 Å². The number of aryl methyl sites for hydroxylation is 1. The summed E-state index contributed by atoms with van der Waals surface area (Å²) in [6.45, 7) is 3.13. The smallest absolute Gasteiger partial charge is 0.132 e. The van der Waals surface area contributed by atoms with Crippen molar-refractivity contribution in [2.45, 2.75) is 25.8 Å². The summed E-state index contributed by atoms with van der Waals surface area (Å²) in [5.41, 5.74) is 0. The molecule has 6 heteroatoms. The molecule has 0 saturated heterocycles. The average molecular weight is 314 g/mol. The molecule has 0 unspecified atom stereocenters. The summed E-state index contributed by atoms with van der Waals surface area (Å²) in [4.78, 5) is 8.80. The van der Waals surface area contributed by atoms with Gasteiger partial charge in [0, 0.05) is 12.1 Å². The summed E-state index contributed by atoms with van der Waals surface area (Å²) >= 11 is 0. The van der Waals surface area contributed by atoms with Crippen LogP contribution in [0.5, 0.6) is 11.5 Å². The Morgan fingerprint density at radius 3 is 2.48 bits per heavy atom. The van der Waals surface area contributed by atoms with Crippen LogP contribution in [0.1, 0.15) is 18.7 Å². The molecule has 0 bridgehead atoms. The van der Waals surface area contributed by atoms with Gasteiger partial charge >= 0.3 is 0 Å². The van der Waals surface area contributed by atoms with Gasteiger partial charge in [0.15, 0.2) is 0 Å². The minimum Gasteiger partial charge on any atom is -0.497 e. The molecule has 2 N–H and O–H groups in total. The number of hydrogen-bond acceptors (Lipinski definition) is 6. The zero-order valence-electron chi connectivity index (χ0n) is 13.5. The average Bonchev–Trinajstić information content (AvgIpc) is 3.35. The zero-order chi connectivity index (χ0) is 16.1. The maximum atomic E-state index is 5.69. The van der Waals surface area contributed by atoms with Crippen molar-refractivity contribution in [2.75, 3.05) is 30.9 Å². The van der Waals surface area contributed by atoms with E-state index < -0.39 is 0 Å². The number of nitrogens with one attached hydrogen (secondary N) is 2. The highest BCUT2D eigenvalue weighted by Crippen LogP contribution is 2.24. The standard InChI is InChI=1S/C17H22N4O2/c1-12-19-16(11-17(20-12)21-13-3-4-13)18-9-10-23-15-7-5-14(22-2)6-8-15/h5-8,11,13H,3-4,9-10H2,1-2H3,(H2,18,19,20,21). The molecule has 1 aliphatic carbocycles. The first-order chi connectivity index (χ1) is 11.2. The third-order valence-corrected chi connectivity index (χ3v) is 3.50. The highest BCUT2D eigenvalue weighted by atomic mass is 16.5. The number of benzene rings is 1. The van der Waals surface area contributed by atoms with Gasteiger partial charge in [-0.05, 0) is 44.0 Å². The summed E-state index contributed by atoms with van der Waals surface area (Å²) in [6.07, 6.45) is 2.45. The Kier molecular flexibility index (Phi) is 4.80. The van der Waals surface area contributed by atoms with Crippen LogP contribution in [-0.4, -0.2) is 36.3 Å². The lowest BCUT2D eigenvalue weighted by Gasteiger charge is -2.11. The summed E-state index contributed by atoms with van der Waals surface area (Å²) in [5.74, 6) is 4.11. The summed E-state index contributed by atoms with van der Waals surface area (Å²) in [6, 6.07) is 10.1. The molecular weight excluding hydrogens is 292 g/mol. The van der Waals surface area contributed by atoms with Crippen molar-refractivity contribution in [1.82, 2.24) is 9.97 Å². The SMILES string of the molecule is COc1ccc(OCCNc2cc(NC3CC3)nc(C)n2)cc1. The van der Waals surface area contributed by atoms with E-state index in [1.165, 1.54) is 12.8 Å². The van der Waals surface area contributed by atoms with Gasteiger partial charge in [0.25, 0.3) is 0 Å². The van der Waals surface area contributed by atoms with Gasteiger partial charge in [-0.25, -0.2) is 9.97 Å². The molecule has 1 aromatic carbocycles. The monoisotopic (exact) mass is 314 g/mol. The minimum absolute atomic E-state index is 0.556. The van der Waals surface area contributed by atoms with E-state index in [1.807, 2.05) is 37.3 Å². The predicted molar refractivity (Wildman–Crippen MR) is 90.4 cm³/mol. The van der Waals surface area contributed by atoms with Crippen molar-refractivity contribution in [1.29, 1.82) is 0 Å². The zero-order valence-corrected chi connectivity index (χ0v) is 13.5. The molecule has 1 fully saturated rings. The fraction of sp³-hybridized carbons (Fsp3) is 0.412. The van der Waals surface area contributed by atoms with Gasteiger partial charge in [-0.15, -0.1) is 0 Å². The number of ether oxygens (including phenoxy) is 2. The molecule has 6 nitrogen and oxygen atoms in total. The van der Waals surface area contributed by atoms with Crippen LogP contribution in [0.25, 0.3) is 0 Å². The molecule has 1 saturated carbocycles. The molecular formula is C17H22N4O2. The second-order valence-electron chi connectivity index (χ2n) is 5.56. The molecule has 0 radical (unpaired) electrons. The third-order valence-electron chi connectivity index (χ3n) is 3.50. The van der Waals surface area contributed by atoms with Gasteiger partial charge in [0.2, 0.25) is 0 Å². The molecule has 1 aliphatic rings. The number of hydrogen-bond donors (Lipinski definition) is 2. The lowest BCUT2D eigenvalue weighted by atomic mass is 10.3. The number of aromatic nitrogens is 2. The maximum absolute atomic E-state index is 5.69. The fourth-order valence-electron chi connectivity index (χ4n) is 2.19. The molecule has 23 heavy (non-hydrogen) atoms. The second-order valence-corrected chi connectivity index (χ2v) is 5.56. The summed E-state index contributed by atoms with van der Waals surface area (Å²) < 4.78 is 10.8. The van der Waals surface area contributed by atoms with E-state index >= 15 is 0 Å². The van der Waals surface area contributed by atoms with E-state index in [9.17, 15) is 0 Å². The van der Waals surface area contributed by atoms with Crippen LogP contribution in [0.15, 0.2) is 30.3 Å². The molecule has 1 heterocycles. The Hall–Kier alpha value is -2.50. The highest BCUT2D eigenvalue weighted by Gasteiger charge is 2.21. The number of methoxy groups -OCH3 is 1. The molecule has 122 valence electrons. The van der Waals surface area contributed by atoms with E-state index in [1.54, 1.807) is 7.11 Å². The Labute approximate surface area is 136 Å². The quantitative estimate of drug-likeness (QED) is 0.730. The summed E-state index contributed by atoms with van der Waals surface area (Å²) in [7, 11) is 1.65. The Bertz CT molecular complexity index is 642. The van der Waals surface area contributed by atoms with Crippen molar-refractivity contribution in [2.24, 2.45) is 0 Å². The topological polar surface area (TPSA) is 68.3 Å². The van der Waals surface area contributed by atoms with Crippen molar-refractivity contribution in [3.63, 3.8) is 0 Å². The van der Waals surface area contributed by atoms with Crippen LogP contribution in [0.2, 0.25) is 0 Å². The van der Waals surface area contributed by atoms with Crippen molar-refractivity contribution in [3.05, 3.63) is 36.2 Å². The van der Waals surface area contributed by atoms with E-state index in [4.69, 9.17) is 9.47 Å². The lowest BCUT2D eigenvalue weighted by molar-refractivity contribution is 0.331. The maximum Gasteiger partial charge on any atom is 0.132 e. The van der Waals surface area contributed by atoms with E-state index in [2.05, 4.69) is 20.6 Å². The van der Waals surface area contributed by atoms with Crippen LogP contribution >= 0.6 is 0 Å². The molecule has 0 spiro atoms. The lowest BCUT2D eigenvalue weighted by Crippen LogP contribution is -2.14. The van der Waals surface area contributed by atoms with Gasteiger partial charge in [-0.2, -0.15) is 0 Å². The molecule has 1 aromatic heterocycles. The Balaban J connectivity index is 1.46.